The van der Waals surface area contributed by atoms with E-state index in [9.17, 15) is 4.39 Å². The second kappa shape index (κ2) is 4.15. The Labute approximate surface area is 92.6 Å². The van der Waals surface area contributed by atoms with Crippen molar-refractivity contribution in [1.29, 1.82) is 5.26 Å². The van der Waals surface area contributed by atoms with Crippen molar-refractivity contribution >= 4 is 0 Å². The fraction of sp³-hybridized carbons (Fsp3) is 0.167. The van der Waals surface area contributed by atoms with Crippen molar-refractivity contribution < 1.29 is 4.39 Å². The molecule has 1 aromatic heterocycles. The molecule has 0 spiro atoms. The molecule has 1 N–H and O–H groups in total. The molecule has 3 nitrogen and oxygen atoms in total. The van der Waals surface area contributed by atoms with Crippen molar-refractivity contribution in [3.05, 3.63) is 53.4 Å². The molecule has 80 valence electrons. The molecule has 0 radical (unpaired) electrons. The van der Waals surface area contributed by atoms with Crippen molar-refractivity contribution in [1.82, 2.24) is 9.97 Å². The number of aryl methyl sites for hydroxylation is 1. The lowest BCUT2D eigenvalue weighted by atomic mass is 9.98. The zero-order valence-corrected chi connectivity index (χ0v) is 8.74. The third kappa shape index (κ3) is 1.80. The molecule has 1 aromatic carbocycles. The van der Waals surface area contributed by atoms with Crippen molar-refractivity contribution in [2.45, 2.75) is 12.8 Å². The summed E-state index contributed by atoms with van der Waals surface area (Å²) in [6.45, 7) is 1.68. The van der Waals surface area contributed by atoms with Crippen LogP contribution in [-0.4, -0.2) is 9.97 Å². The molecule has 1 heterocycles. The SMILES string of the molecule is Cc1cc(C(C#N)c2ncc[nH]2)ccc1F. The van der Waals surface area contributed by atoms with Gasteiger partial charge in [0, 0.05) is 12.4 Å². The van der Waals surface area contributed by atoms with E-state index in [1.165, 1.54) is 6.07 Å². The Morgan fingerprint density at radius 1 is 1.50 bits per heavy atom. The van der Waals surface area contributed by atoms with Gasteiger partial charge in [-0.1, -0.05) is 12.1 Å². The lowest BCUT2D eigenvalue weighted by molar-refractivity contribution is 0.617. The van der Waals surface area contributed by atoms with Crippen LogP contribution in [0.15, 0.2) is 30.6 Å². The number of halogens is 1. The van der Waals surface area contributed by atoms with Gasteiger partial charge in [0.2, 0.25) is 0 Å². The summed E-state index contributed by atoms with van der Waals surface area (Å²) in [6.07, 6.45) is 3.26. The van der Waals surface area contributed by atoms with E-state index in [0.29, 0.717) is 11.4 Å². The summed E-state index contributed by atoms with van der Waals surface area (Å²) in [5, 5.41) is 9.11. The van der Waals surface area contributed by atoms with Crippen LogP contribution in [0.2, 0.25) is 0 Å². The van der Waals surface area contributed by atoms with Gasteiger partial charge in [0.05, 0.1) is 6.07 Å². The van der Waals surface area contributed by atoms with E-state index in [4.69, 9.17) is 5.26 Å². The molecule has 0 bridgehead atoms. The first-order valence-corrected chi connectivity index (χ1v) is 4.87. The van der Waals surface area contributed by atoms with Gasteiger partial charge in [0.15, 0.2) is 0 Å². The molecule has 0 amide bonds. The summed E-state index contributed by atoms with van der Waals surface area (Å²) in [5.41, 5.74) is 1.28. The minimum atomic E-state index is -0.478. The van der Waals surface area contributed by atoms with E-state index in [1.54, 1.807) is 31.5 Å². The van der Waals surface area contributed by atoms with Crippen LogP contribution in [-0.2, 0) is 0 Å². The van der Waals surface area contributed by atoms with Crippen LogP contribution in [0, 0.1) is 24.1 Å². The summed E-state index contributed by atoms with van der Waals surface area (Å²) >= 11 is 0. The van der Waals surface area contributed by atoms with E-state index < -0.39 is 5.92 Å². The number of nitrogens with one attached hydrogen (secondary N) is 1. The summed E-state index contributed by atoms with van der Waals surface area (Å²) in [5.74, 6) is -0.164. The highest BCUT2D eigenvalue weighted by molar-refractivity contribution is 5.34. The minimum absolute atomic E-state index is 0.264. The fourth-order valence-electron chi connectivity index (χ4n) is 1.58. The normalized spacial score (nSPS) is 12.1. The number of nitriles is 1. The summed E-state index contributed by atoms with van der Waals surface area (Å²) in [6, 6.07) is 6.81. The molecule has 2 rings (SSSR count). The lowest BCUT2D eigenvalue weighted by Crippen LogP contribution is -2.01. The average Bonchev–Trinajstić information content (AvgIpc) is 2.78. The van der Waals surface area contributed by atoms with Crippen LogP contribution >= 0.6 is 0 Å². The molecular formula is C12H10FN3. The number of aromatic amines is 1. The second-order valence-electron chi connectivity index (χ2n) is 3.55. The summed E-state index contributed by atoms with van der Waals surface area (Å²) < 4.78 is 13.1. The molecule has 1 unspecified atom stereocenters. The second-order valence-corrected chi connectivity index (χ2v) is 3.55. The maximum Gasteiger partial charge on any atom is 0.129 e. The van der Waals surface area contributed by atoms with Gasteiger partial charge in [-0.2, -0.15) is 5.26 Å². The Morgan fingerprint density at radius 2 is 2.31 bits per heavy atom. The lowest BCUT2D eigenvalue weighted by Gasteiger charge is -2.07. The predicted molar refractivity (Wildman–Crippen MR) is 57.2 cm³/mol. The van der Waals surface area contributed by atoms with Gasteiger partial charge in [0.1, 0.15) is 17.6 Å². The van der Waals surface area contributed by atoms with Crippen LogP contribution in [0.1, 0.15) is 22.9 Å². The Bertz CT molecular complexity index is 526. The molecule has 0 aliphatic heterocycles. The highest BCUT2D eigenvalue weighted by atomic mass is 19.1. The largest absolute Gasteiger partial charge is 0.347 e. The third-order valence-electron chi connectivity index (χ3n) is 2.44. The molecule has 2 aromatic rings. The molecule has 0 saturated carbocycles. The fourth-order valence-corrected chi connectivity index (χ4v) is 1.58. The predicted octanol–water partition coefficient (Wildman–Crippen LogP) is 2.51. The Hall–Kier alpha value is -2.15. The topological polar surface area (TPSA) is 52.5 Å². The van der Waals surface area contributed by atoms with E-state index in [-0.39, 0.29) is 5.82 Å². The quantitative estimate of drug-likeness (QED) is 0.836. The average molecular weight is 215 g/mol. The number of hydrogen-bond acceptors (Lipinski definition) is 2. The monoisotopic (exact) mass is 215 g/mol. The van der Waals surface area contributed by atoms with Gasteiger partial charge in [-0.25, -0.2) is 9.37 Å². The molecule has 0 aliphatic carbocycles. The van der Waals surface area contributed by atoms with Gasteiger partial charge in [-0.05, 0) is 24.1 Å². The molecule has 1 atom stereocenters. The molecule has 4 heteroatoms. The number of imidazole rings is 1. The van der Waals surface area contributed by atoms with E-state index >= 15 is 0 Å². The Balaban J connectivity index is 2.43. The summed E-state index contributed by atoms with van der Waals surface area (Å²) in [7, 11) is 0. The zero-order chi connectivity index (χ0) is 11.5. The smallest absolute Gasteiger partial charge is 0.129 e. The standard InChI is InChI=1S/C12H10FN3/c1-8-6-9(2-3-11(8)13)10(7-14)12-15-4-5-16-12/h2-6,10H,1H3,(H,15,16). The third-order valence-corrected chi connectivity index (χ3v) is 2.44. The van der Waals surface area contributed by atoms with Gasteiger partial charge >= 0.3 is 0 Å². The van der Waals surface area contributed by atoms with Crippen LogP contribution in [0.4, 0.5) is 4.39 Å². The molecular weight excluding hydrogens is 205 g/mol. The number of benzene rings is 1. The minimum Gasteiger partial charge on any atom is -0.347 e. The first kappa shape index (κ1) is 10.4. The molecule has 0 fully saturated rings. The van der Waals surface area contributed by atoms with Crippen LogP contribution in [0.3, 0.4) is 0 Å². The number of hydrogen-bond donors (Lipinski definition) is 1. The van der Waals surface area contributed by atoms with Crippen LogP contribution in [0.25, 0.3) is 0 Å². The first-order chi connectivity index (χ1) is 7.72. The number of aromatic nitrogens is 2. The number of rotatable bonds is 2. The molecule has 0 aliphatic rings. The Morgan fingerprint density at radius 3 is 2.88 bits per heavy atom. The van der Waals surface area contributed by atoms with E-state index in [0.717, 1.165) is 5.56 Å². The van der Waals surface area contributed by atoms with Gasteiger partial charge < -0.3 is 4.98 Å². The maximum atomic E-state index is 13.1. The summed E-state index contributed by atoms with van der Waals surface area (Å²) in [4.78, 5) is 6.94. The van der Waals surface area contributed by atoms with Crippen molar-refractivity contribution in [3.8, 4) is 6.07 Å². The highest BCUT2D eigenvalue weighted by Gasteiger charge is 2.16. The molecule has 16 heavy (non-hydrogen) atoms. The van der Waals surface area contributed by atoms with E-state index in [1.807, 2.05) is 0 Å². The highest BCUT2D eigenvalue weighted by Crippen LogP contribution is 2.22. The van der Waals surface area contributed by atoms with Crippen LogP contribution in [0.5, 0.6) is 0 Å². The number of H-pyrrole nitrogens is 1. The van der Waals surface area contributed by atoms with Crippen molar-refractivity contribution in [3.63, 3.8) is 0 Å². The Kier molecular flexibility index (Phi) is 2.69. The number of nitrogens with zero attached hydrogens (tertiary/aromatic N) is 2. The molecule has 0 saturated heterocycles. The van der Waals surface area contributed by atoms with Crippen molar-refractivity contribution in [2.24, 2.45) is 0 Å². The zero-order valence-electron chi connectivity index (χ0n) is 8.74. The van der Waals surface area contributed by atoms with Gasteiger partial charge in [-0.3, -0.25) is 0 Å². The maximum absolute atomic E-state index is 13.1. The van der Waals surface area contributed by atoms with Crippen LogP contribution < -0.4 is 0 Å². The van der Waals surface area contributed by atoms with Crippen molar-refractivity contribution in [2.75, 3.05) is 0 Å². The van der Waals surface area contributed by atoms with Gasteiger partial charge in [-0.15, -0.1) is 0 Å². The van der Waals surface area contributed by atoms with Gasteiger partial charge in [0.25, 0.3) is 0 Å². The first-order valence-electron chi connectivity index (χ1n) is 4.87. The van der Waals surface area contributed by atoms with E-state index in [2.05, 4.69) is 16.0 Å².